The number of carbonyl (C=O) groups excluding carboxylic acids is 2. The molecule has 142 valence electrons. The first-order chi connectivity index (χ1) is 12.8. The van der Waals surface area contributed by atoms with Crippen LogP contribution in [-0.4, -0.2) is 34.9 Å². The number of hydrogen-bond donors (Lipinski definition) is 0. The van der Waals surface area contributed by atoms with Gasteiger partial charge in [0.05, 0.1) is 15.5 Å². The van der Waals surface area contributed by atoms with Gasteiger partial charge in [-0.25, -0.2) is 9.18 Å². The minimum atomic E-state index is -0.946. The fraction of sp³-hybridized carbons (Fsp3) is 0.222. The Bertz CT molecular complexity index is 875. The number of likely N-dealkylation sites (N-methyl/N-ethyl adjacent to an activating group) is 1. The number of ether oxygens (including phenoxy) is 1. The molecule has 2 rings (SSSR count). The van der Waals surface area contributed by atoms with Crippen molar-refractivity contribution < 1.29 is 23.6 Å². The van der Waals surface area contributed by atoms with E-state index in [-0.39, 0.29) is 22.8 Å². The highest BCUT2D eigenvalue weighted by molar-refractivity contribution is 6.33. The Morgan fingerprint density at radius 3 is 2.63 bits per heavy atom. The molecule has 0 saturated heterocycles. The van der Waals surface area contributed by atoms with Gasteiger partial charge in [0, 0.05) is 25.2 Å². The average molecular weight is 395 g/mol. The molecule has 1 amide bonds. The number of halogens is 2. The highest BCUT2D eigenvalue weighted by Gasteiger charge is 2.20. The number of nitro groups is 1. The van der Waals surface area contributed by atoms with Crippen LogP contribution in [0.2, 0.25) is 5.02 Å². The third kappa shape index (κ3) is 5.49. The number of hydrogen-bond acceptors (Lipinski definition) is 5. The molecule has 0 radical (unpaired) electrons. The zero-order valence-corrected chi connectivity index (χ0v) is 15.1. The maximum atomic E-state index is 13.3. The number of benzene rings is 2. The summed E-state index contributed by atoms with van der Waals surface area (Å²) in [7, 11) is 0. The summed E-state index contributed by atoms with van der Waals surface area (Å²) in [5.41, 5.74) is 0.0732. The number of nitro benzene ring substituents is 1. The van der Waals surface area contributed by atoms with Crippen LogP contribution < -0.4 is 0 Å². The molecule has 0 atom stereocenters. The van der Waals surface area contributed by atoms with Crippen LogP contribution in [0.25, 0.3) is 0 Å². The summed E-state index contributed by atoms with van der Waals surface area (Å²) in [5.74, 6) is -1.85. The largest absolute Gasteiger partial charge is 0.452 e. The molecule has 0 unspecified atom stereocenters. The molecule has 2 aromatic carbocycles. The Hall–Kier alpha value is -3.00. The first-order valence-electron chi connectivity index (χ1n) is 7.95. The van der Waals surface area contributed by atoms with E-state index in [0.717, 1.165) is 12.1 Å². The van der Waals surface area contributed by atoms with Crippen molar-refractivity contribution in [2.24, 2.45) is 0 Å². The van der Waals surface area contributed by atoms with Gasteiger partial charge in [-0.1, -0.05) is 23.7 Å². The third-order valence-electron chi connectivity index (χ3n) is 3.70. The lowest BCUT2D eigenvalue weighted by Crippen LogP contribution is -2.34. The number of amides is 1. The van der Waals surface area contributed by atoms with E-state index in [1.54, 1.807) is 13.0 Å². The number of rotatable bonds is 7. The Labute approximate surface area is 159 Å². The van der Waals surface area contributed by atoms with E-state index in [4.69, 9.17) is 16.3 Å². The number of esters is 1. The molecule has 0 bridgehead atoms. The summed E-state index contributed by atoms with van der Waals surface area (Å²) in [5, 5.41) is 10.8. The molecule has 0 aromatic heterocycles. The van der Waals surface area contributed by atoms with Crippen molar-refractivity contribution in [2.75, 3.05) is 13.2 Å². The topological polar surface area (TPSA) is 89.8 Å². The van der Waals surface area contributed by atoms with E-state index in [2.05, 4.69) is 0 Å². The van der Waals surface area contributed by atoms with Gasteiger partial charge in [0.2, 0.25) is 0 Å². The molecule has 0 aliphatic heterocycles. The Morgan fingerprint density at radius 1 is 1.26 bits per heavy atom. The fourth-order valence-corrected chi connectivity index (χ4v) is 2.51. The molecule has 0 aliphatic carbocycles. The molecular formula is C18H16ClFN2O5. The van der Waals surface area contributed by atoms with Gasteiger partial charge in [-0.05, 0) is 30.7 Å². The lowest BCUT2D eigenvalue weighted by molar-refractivity contribution is -0.384. The fourth-order valence-electron chi connectivity index (χ4n) is 2.31. The normalized spacial score (nSPS) is 10.3. The molecule has 0 N–H and O–H groups in total. The molecule has 0 heterocycles. The van der Waals surface area contributed by atoms with Gasteiger partial charge in [-0.15, -0.1) is 0 Å². The Morgan fingerprint density at radius 2 is 2.00 bits per heavy atom. The van der Waals surface area contributed by atoms with Crippen molar-refractivity contribution in [1.29, 1.82) is 0 Å². The summed E-state index contributed by atoms with van der Waals surface area (Å²) in [6, 6.07) is 9.17. The molecule has 2 aromatic rings. The van der Waals surface area contributed by atoms with E-state index < -0.39 is 29.2 Å². The summed E-state index contributed by atoms with van der Waals surface area (Å²) in [6.07, 6.45) is 0. The van der Waals surface area contributed by atoms with Crippen molar-refractivity contribution in [3.05, 3.63) is 74.5 Å². The van der Waals surface area contributed by atoms with Crippen LogP contribution in [0.5, 0.6) is 0 Å². The van der Waals surface area contributed by atoms with Crippen LogP contribution in [0, 0.1) is 15.9 Å². The van der Waals surface area contributed by atoms with Crippen molar-refractivity contribution in [1.82, 2.24) is 4.90 Å². The molecule has 9 heteroatoms. The number of carbonyl (C=O) groups is 2. The molecule has 0 fully saturated rings. The zero-order valence-electron chi connectivity index (χ0n) is 14.4. The second kappa shape index (κ2) is 9.09. The minimum Gasteiger partial charge on any atom is -0.452 e. The Balaban J connectivity index is 2.02. The van der Waals surface area contributed by atoms with Gasteiger partial charge in [0.15, 0.2) is 6.61 Å². The SMILES string of the molecule is CCN(Cc1cccc(F)c1)C(=O)COC(=O)c1cc([N+](=O)[O-])ccc1Cl. The molecule has 0 aliphatic rings. The molecule has 7 nitrogen and oxygen atoms in total. The van der Waals surface area contributed by atoms with Crippen molar-refractivity contribution in [3.63, 3.8) is 0 Å². The van der Waals surface area contributed by atoms with Crippen LogP contribution >= 0.6 is 11.6 Å². The van der Waals surface area contributed by atoms with Crippen molar-refractivity contribution in [3.8, 4) is 0 Å². The van der Waals surface area contributed by atoms with Gasteiger partial charge in [-0.2, -0.15) is 0 Å². The Kier molecular flexibility index (Phi) is 6.84. The van der Waals surface area contributed by atoms with Crippen molar-refractivity contribution >= 4 is 29.2 Å². The third-order valence-corrected chi connectivity index (χ3v) is 4.03. The number of nitrogens with zero attached hydrogens (tertiary/aromatic N) is 2. The highest BCUT2D eigenvalue weighted by Crippen LogP contribution is 2.22. The maximum Gasteiger partial charge on any atom is 0.340 e. The van der Waals surface area contributed by atoms with E-state index in [0.29, 0.717) is 12.1 Å². The molecule has 0 spiro atoms. The minimum absolute atomic E-state index is 0.0230. The quantitative estimate of drug-likeness (QED) is 0.406. The summed E-state index contributed by atoms with van der Waals surface area (Å²) >= 11 is 5.87. The summed E-state index contributed by atoms with van der Waals surface area (Å²) < 4.78 is 18.2. The summed E-state index contributed by atoms with van der Waals surface area (Å²) in [6.45, 7) is 1.64. The smallest absolute Gasteiger partial charge is 0.340 e. The first-order valence-corrected chi connectivity index (χ1v) is 8.33. The van der Waals surface area contributed by atoms with Gasteiger partial charge >= 0.3 is 5.97 Å². The van der Waals surface area contributed by atoms with E-state index in [1.165, 1.54) is 29.2 Å². The molecule has 0 saturated carbocycles. The van der Waals surface area contributed by atoms with Gasteiger partial charge in [0.25, 0.3) is 11.6 Å². The van der Waals surface area contributed by atoms with Crippen LogP contribution in [0.15, 0.2) is 42.5 Å². The monoisotopic (exact) mass is 394 g/mol. The second-order valence-corrected chi connectivity index (χ2v) is 5.94. The average Bonchev–Trinajstić information content (AvgIpc) is 2.64. The second-order valence-electron chi connectivity index (χ2n) is 5.54. The molecule has 27 heavy (non-hydrogen) atoms. The first kappa shape index (κ1) is 20.3. The van der Waals surface area contributed by atoms with Gasteiger partial charge in [0.1, 0.15) is 5.82 Å². The number of non-ortho nitro benzene ring substituents is 1. The zero-order chi connectivity index (χ0) is 20.0. The van der Waals surface area contributed by atoms with Gasteiger partial charge in [-0.3, -0.25) is 14.9 Å². The van der Waals surface area contributed by atoms with E-state index >= 15 is 0 Å². The summed E-state index contributed by atoms with van der Waals surface area (Å²) in [4.78, 5) is 35.9. The standard InChI is InChI=1S/C18H16ClFN2O5/c1-2-21(10-12-4-3-5-13(20)8-12)17(23)11-27-18(24)15-9-14(22(25)26)6-7-16(15)19/h3-9H,2,10-11H2,1H3. The van der Waals surface area contributed by atoms with Crippen molar-refractivity contribution in [2.45, 2.75) is 13.5 Å². The molecular weight excluding hydrogens is 379 g/mol. The van der Waals surface area contributed by atoms with Crippen LogP contribution in [-0.2, 0) is 16.1 Å². The lowest BCUT2D eigenvalue weighted by Gasteiger charge is -2.21. The maximum absolute atomic E-state index is 13.3. The van der Waals surface area contributed by atoms with Crippen LogP contribution in [0.1, 0.15) is 22.8 Å². The predicted octanol–water partition coefficient (Wildman–Crippen LogP) is 3.59. The highest BCUT2D eigenvalue weighted by atomic mass is 35.5. The van der Waals surface area contributed by atoms with Gasteiger partial charge < -0.3 is 9.64 Å². The van der Waals surface area contributed by atoms with Crippen LogP contribution in [0.3, 0.4) is 0 Å². The van der Waals surface area contributed by atoms with E-state index in [1.807, 2.05) is 0 Å². The lowest BCUT2D eigenvalue weighted by atomic mass is 10.2. The predicted molar refractivity (Wildman–Crippen MR) is 95.9 cm³/mol. The van der Waals surface area contributed by atoms with E-state index in [9.17, 15) is 24.1 Å². The van der Waals surface area contributed by atoms with Crippen LogP contribution in [0.4, 0.5) is 10.1 Å².